The molecule has 0 spiro atoms. The van der Waals surface area contributed by atoms with Gasteiger partial charge >= 0.3 is 0 Å². The van der Waals surface area contributed by atoms with Crippen LogP contribution in [0.5, 0.6) is 0 Å². The molecular weight excluding hydrogens is 390 g/mol. The number of carbonyl (C=O) groups is 1. The summed E-state index contributed by atoms with van der Waals surface area (Å²) >= 11 is 6.10. The van der Waals surface area contributed by atoms with Crippen LogP contribution >= 0.6 is 11.6 Å². The van der Waals surface area contributed by atoms with E-state index in [9.17, 15) is 4.79 Å². The standard InChI is InChI=1S/C21H16ClN5O2/c22-14-4-1-5-15(12-14)25-20-19-16(27(26-20)21-23-7-3-8-24-21)10-13(11-17(19)28)18-6-2-9-29-18/h1-9,12-13H,10-11H2,(H,25,26). The predicted octanol–water partition coefficient (Wildman–Crippen LogP) is 4.57. The summed E-state index contributed by atoms with van der Waals surface area (Å²) in [6.07, 6.45) is 5.87. The second kappa shape index (κ2) is 7.18. The van der Waals surface area contributed by atoms with Gasteiger partial charge in [0.05, 0.1) is 17.5 Å². The number of ketones is 1. The highest BCUT2D eigenvalue weighted by atomic mass is 35.5. The van der Waals surface area contributed by atoms with Crippen LogP contribution < -0.4 is 5.32 Å². The molecule has 1 N–H and O–H groups in total. The Morgan fingerprint density at radius 2 is 1.97 bits per heavy atom. The van der Waals surface area contributed by atoms with Crippen molar-refractivity contribution in [2.45, 2.75) is 18.8 Å². The highest BCUT2D eigenvalue weighted by Gasteiger charge is 2.35. The maximum Gasteiger partial charge on any atom is 0.250 e. The second-order valence-electron chi connectivity index (χ2n) is 6.81. The summed E-state index contributed by atoms with van der Waals surface area (Å²) in [7, 11) is 0. The van der Waals surface area contributed by atoms with Crippen LogP contribution in [-0.4, -0.2) is 25.5 Å². The van der Waals surface area contributed by atoms with Gasteiger partial charge in [0, 0.05) is 41.9 Å². The Hall–Kier alpha value is -3.45. The van der Waals surface area contributed by atoms with Gasteiger partial charge in [-0.1, -0.05) is 17.7 Å². The van der Waals surface area contributed by atoms with Crippen molar-refractivity contribution in [3.05, 3.63) is 83.2 Å². The molecule has 3 heterocycles. The number of anilines is 2. The van der Waals surface area contributed by atoms with Crippen LogP contribution in [0.3, 0.4) is 0 Å². The highest BCUT2D eigenvalue weighted by Crippen LogP contribution is 2.37. The number of hydrogen-bond acceptors (Lipinski definition) is 6. The number of nitrogens with zero attached hydrogens (tertiary/aromatic N) is 4. The van der Waals surface area contributed by atoms with Gasteiger partial charge in [0.25, 0.3) is 5.95 Å². The normalized spacial score (nSPS) is 15.9. The lowest BCUT2D eigenvalue weighted by Crippen LogP contribution is -2.21. The maximum absolute atomic E-state index is 13.1. The van der Waals surface area contributed by atoms with Crippen molar-refractivity contribution in [1.29, 1.82) is 0 Å². The maximum atomic E-state index is 13.1. The molecule has 4 aromatic rings. The molecule has 7 nitrogen and oxygen atoms in total. The van der Waals surface area contributed by atoms with Crippen LogP contribution in [0.2, 0.25) is 5.02 Å². The van der Waals surface area contributed by atoms with Crippen molar-refractivity contribution >= 4 is 28.9 Å². The van der Waals surface area contributed by atoms with Crippen LogP contribution in [0.1, 0.15) is 34.2 Å². The third-order valence-corrected chi connectivity index (χ3v) is 5.14. The smallest absolute Gasteiger partial charge is 0.250 e. The average molecular weight is 406 g/mol. The molecular formula is C21H16ClN5O2. The summed E-state index contributed by atoms with van der Waals surface area (Å²) < 4.78 is 7.19. The van der Waals surface area contributed by atoms with Crippen LogP contribution in [0.15, 0.2) is 65.5 Å². The lowest BCUT2D eigenvalue weighted by molar-refractivity contribution is 0.0960. The lowest BCUT2D eigenvalue weighted by atomic mass is 9.85. The van der Waals surface area contributed by atoms with E-state index in [0.29, 0.717) is 35.2 Å². The molecule has 0 amide bonds. The molecule has 3 aromatic heterocycles. The van der Waals surface area contributed by atoms with Gasteiger partial charge in [-0.15, -0.1) is 5.10 Å². The third kappa shape index (κ3) is 3.30. The zero-order valence-corrected chi connectivity index (χ0v) is 16.0. The molecule has 1 unspecified atom stereocenters. The van der Waals surface area contributed by atoms with Crippen LogP contribution in [-0.2, 0) is 6.42 Å². The molecule has 0 aliphatic heterocycles. The molecule has 1 atom stereocenters. The van der Waals surface area contributed by atoms with Gasteiger partial charge in [-0.05, 0) is 36.4 Å². The van der Waals surface area contributed by atoms with E-state index in [1.807, 2.05) is 24.3 Å². The molecule has 0 saturated heterocycles. The molecule has 0 bridgehead atoms. The van der Waals surface area contributed by atoms with E-state index >= 15 is 0 Å². The molecule has 1 aliphatic carbocycles. The number of benzene rings is 1. The first-order valence-corrected chi connectivity index (χ1v) is 9.55. The third-order valence-electron chi connectivity index (χ3n) is 4.91. The van der Waals surface area contributed by atoms with Gasteiger partial charge in [0.1, 0.15) is 5.76 Å². The second-order valence-corrected chi connectivity index (χ2v) is 7.25. The Morgan fingerprint density at radius 1 is 1.10 bits per heavy atom. The topological polar surface area (TPSA) is 85.8 Å². The average Bonchev–Trinajstić information content (AvgIpc) is 3.37. The summed E-state index contributed by atoms with van der Waals surface area (Å²) in [4.78, 5) is 21.7. The summed E-state index contributed by atoms with van der Waals surface area (Å²) in [5.74, 6) is 1.62. The van der Waals surface area contributed by atoms with Crippen molar-refractivity contribution in [1.82, 2.24) is 19.7 Å². The van der Waals surface area contributed by atoms with Gasteiger partial charge in [-0.2, -0.15) is 0 Å². The monoisotopic (exact) mass is 405 g/mol. The predicted molar refractivity (Wildman–Crippen MR) is 108 cm³/mol. The first-order valence-electron chi connectivity index (χ1n) is 9.17. The molecule has 29 heavy (non-hydrogen) atoms. The van der Waals surface area contributed by atoms with Crippen molar-refractivity contribution in [2.75, 3.05) is 5.32 Å². The van der Waals surface area contributed by atoms with E-state index in [0.717, 1.165) is 17.1 Å². The Morgan fingerprint density at radius 3 is 2.72 bits per heavy atom. The van der Waals surface area contributed by atoms with E-state index in [2.05, 4.69) is 20.4 Å². The number of carbonyl (C=O) groups excluding carboxylic acids is 1. The Labute approximate surface area is 171 Å². The first kappa shape index (κ1) is 17.6. The van der Waals surface area contributed by atoms with E-state index < -0.39 is 0 Å². The SMILES string of the molecule is O=C1CC(c2ccco2)Cc2c1c(Nc1cccc(Cl)c1)nn2-c1ncccn1. The van der Waals surface area contributed by atoms with Crippen molar-refractivity contribution < 1.29 is 9.21 Å². The quantitative estimate of drug-likeness (QED) is 0.535. The van der Waals surface area contributed by atoms with Crippen molar-refractivity contribution in [3.8, 4) is 5.95 Å². The fourth-order valence-electron chi connectivity index (χ4n) is 3.65. The van der Waals surface area contributed by atoms with Gasteiger partial charge in [-0.25, -0.2) is 14.6 Å². The number of aromatic nitrogens is 4. The molecule has 144 valence electrons. The number of hydrogen-bond donors (Lipinski definition) is 1. The number of rotatable bonds is 4. The van der Waals surface area contributed by atoms with Crippen molar-refractivity contribution in [3.63, 3.8) is 0 Å². The Bertz CT molecular complexity index is 1170. The number of furan rings is 1. The van der Waals surface area contributed by atoms with Gasteiger partial charge in [0.15, 0.2) is 11.6 Å². The number of halogens is 1. The molecule has 8 heteroatoms. The summed E-state index contributed by atoms with van der Waals surface area (Å²) in [5.41, 5.74) is 2.07. The van der Waals surface area contributed by atoms with Gasteiger partial charge in [-0.3, -0.25) is 4.79 Å². The van der Waals surface area contributed by atoms with Gasteiger partial charge in [0.2, 0.25) is 0 Å². The Balaban J connectivity index is 1.62. The van der Waals surface area contributed by atoms with Crippen molar-refractivity contribution in [2.24, 2.45) is 0 Å². The summed E-state index contributed by atoms with van der Waals surface area (Å²) in [6, 6.07) is 12.7. The largest absolute Gasteiger partial charge is 0.469 e. The first-order chi connectivity index (χ1) is 14.2. The van der Waals surface area contributed by atoms with E-state index in [1.54, 1.807) is 41.5 Å². The molecule has 0 radical (unpaired) electrons. The van der Waals surface area contributed by atoms with E-state index in [1.165, 1.54) is 0 Å². The van der Waals surface area contributed by atoms with E-state index in [4.69, 9.17) is 16.0 Å². The minimum absolute atomic E-state index is 0.000593. The minimum atomic E-state index is -0.0526. The lowest BCUT2D eigenvalue weighted by Gasteiger charge is -2.20. The fourth-order valence-corrected chi connectivity index (χ4v) is 3.84. The van der Waals surface area contributed by atoms with Gasteiger partial charge < -0.3 is 9.73 Å². The number of Topliss-reactive ketones (excluding diaryl/α,β-unsaturated/α-hetero) is 1. The Kier molecular flexibility index (Phi) is 4.37. The fraction of sp³-hybridized carbons (Fsp3) is 0.143. The molecule has 1 aromatic carbocycles. The number of nitrogens with one attached hydrogen (secondary N) is 1. The van der Waals surface area contributed by atoms with Crippen LogP contribution in [0.25, 0.3) is 5.95 Å². The zero-order chi connectivity index (χ0) is 19.8. The molecule has 0 fully saturated rings. The minimum Gasteiger partial charge on any atom is -0.469 e. The highest BCUT2D eigenvalue weighted by molar-refractivity contribution is 6.30. The van der Waals surface area contributed by atoms with Crippen LogP contribution in [0.4, 0.5) is 11.5 Å². The van der Waals surface area contributed by atoms with Crippen LogP contribution in [0, 0.1) is 0 Å². The molecule has 1 aliphatic rings. The summed E-state index contributed by atoms with van der Waals surface area (Å²) in [6.45, 7) is 0. The molecule has 5 rings (SSSR count). The number of fused-ring (bicyclic) bond motifs is 1. The molecule has 0 saturated carbocycles. The summed E-state index contributed by atoms with van der Waals surface area (Å²) in [5, 5.41) is 8.46. The zero-order valence-electron chi connectivity index (χ0n) is 15.2. The van der Waals surface area contributed by atoms with E-state index in [-0.39, 0.29) is 11.7 Å².